The fourth-order valence-electron chi connectivity index (χ4n) is 2.52. The average Bonchev–Trinajstić information content (AvgIpc) is 2.42. The van der Waals surface area contributed by atoms with Crippen molar-refractivity contribution in [2.24, 2.45) is 0 Å². The lowest BCUT2D eigenvalue weighted by Gasteiger charge is -2.37. The van der Waals surface area contributed by atoms with Gasteiger partial charge in [0, 0.05) is 20.7 Å². The van der Waals surface area contributed by atoms with Crippen molar-refractivity contribution in [2.75, 3.05) is 33.9 Å². The number of carbonyl (C=O) groups is 2. The molecule has 1 rings (SSSR count). The van der Waals surface area contributed by atoms with Crippen LogP contribution < -0.4 is 0 Å². The van der Waals surface area contributed by atoms with E-state index in [1.807, 2.05) is 0 Å². The molecule has 0 aliphatic heterocycles. The maximum atomic E-state index is 12.4. The Morgan fingerprint density at radius 3 is 2.50 bits per heavy atom. The van der Waals surface area contributed by atoms with Crippen LogP contribution in [0, 0.1) is 0 Å². The number of aliphatic hydroxyl groups is 1. The van der Waals surface area contributed by atoms with Gasteiger partial charge in [0.2, 0.25) is 0 Å². The number of rotatable bonds is 6. The van der Waals surface area contributed by atoms with Crippen molar-refractivity contribution in [3.63, 3.8) is 0 Å². The third-order valence-corrected chi connectivity index (χ3v) is 3.66. The van der Waals surface area contributed by atoms with E-state index in [2.05, 4.69) is 0 Å². The number of nitrogens with zero attached hydrogens (tertiary/aromatic N) is 2. The minimum Gasteiger partial charge on any atom is -0.480 e. The SMILES string of the molecule is COCCN(CC(=O)O)C(=O)N(C)C1CCCCC1O. The maximum absolute atomic E-state index is 12.4. The summed E-state index contributed by atoms with van der Waals surface area (Å²) in [6.45, 7) is 0.129. The van der Waals surface area contributed by atoms with Gasteiger partial charge in [0.15, 0.2) is 0 Å². The number of aliphatic hydroxyl groups excluding tert-OH is 1. The molecule has 0 bridgehead atoms. The number of aliphatic carboxylic acids is 1. The molecule has 0 spiro atoms. The summed E-state index contributed by atoms with van der Waals surface area (Å²) in [7, 11) is 3.11. The Bertz CT molecular complexity index is 337. The van der Waals surface area contributed by atoms with Crippen LogP contribution in [-0.4, -0.2) is 78.0 Å². The molecule has 1 aliphatic rings. The molecule has 0 aromatic rings. The third-order valence-electron chi connectivity index (χ3n) is 3.66. The van der Waals surface area contributed by atoms with Crippen molar-refractivity contribution in [2.45, 2.75) is 37.8 Å². The number of hydrogen-bond donors (Lipinski definition) is 2. The van der Waals surface area contributed by atoms with Gasteiger partial charge in [-0.3, -0.25) is 4.79 Å². The van der Waals surface area contributed by atoms with Gasteiger partial charge >= 0.3 is 12.0 Å². The Labute approximate surface area is 119 Å². The summed E-state index contributed by atoms with van der Waals surface area (Å²) in [5.41, 5.74) is 0. The number of methoxy groups -OCH3 is 1. The zero-order valence-corrected chi connectivity index (χ0v) is 12.1. The molecule has 2 atom stereocenters. The van der Waals surface area contributed by atoms with Crippen LogP contribution in [0.1, 0.15) is 25.7 Å². The van der Waals surface area contributed by atoms with Crippen LogP contribution in [0.25, 0.3) is 0 Å². The summed E-state index contributed by atoms with van der Waals surface area (Å²) in [6.07, 6.45) is 2.82. The van der Waals surface area contributed by atoms with E-state index < -0.39 is 12.1 Å². The van der Waals surface area contributed by atoms with E-state index in [9.17, 15) is 14.7 Å². The minimum atomic E-state index is -1.06. The molecule has 7 nitrogen and oxygen atoms in total. The minimum absolute atomic E-state index is 0.217. The average molecular weight is 288 g/mol. The first-order valence-corrected chi connectivity index (χ1v) is 6.88. The lowest BCUT2D eigenvalue weighted by atomic mass is 9.92. The number of amides is 2. The van der Waals surface area contributed by atoms with E-state index >= 15 is 0 Å². The third kappa shape index (κ3) is 4.64. The van der Waals surface area contributed by atoms with Crippen molar-refractivity contribution >= 4 is 12.0 Å². The highest BCUT2D eigenvalue weighted by molar-refractivity contribution is 5.80. The molecule has 7 heteroatoms. The van der Waals surface area contributed by atoms with Crippen LogP contribution in [0.5, 0.6) is 0 Å². The molecule has 2 amide bonds. The lowest BCUT2D eigenvalue weighted by molar-refractivity contribution is -0.137. The molecule has 2 unspecified atom stereocenters. The van der Waals surface area contributed by atoms with Crippen LogP contribution >= 0.6 is 0 Å². The monoisotopic (exact) mass is 288 g/mol. The predicted molar refractivity (Wildman–Crippen MR) is 72.5 cm³/mol. The van der Waals surface area contributed by atoms with E-state index in [0.29, 0.717) is 6.42 Å². The van der Waals surface area contributed by atoms with Gasteiger partial charge in [0.25, 0.3) is 0 Å². The number of ether oxygens (including phenoxy) is 1. The second kappa shape index (κ2) is 8.06. The maximum Gasteiger partial charge on any atom is 0.323 e. The summed E-state index contributed by atoms with van der Waals surface area (Å²) in [6, 6.07) is -0.620. The Morgan fingerprint density at radius 2 is 1.95 bits per heavy atom. The summed E-state index contributed by atoms with van der Waals surface area (Å²) in [5.74, 6) is -1.06. The predicted octanol–water partition coefficient (Wildman–Crippen LogP) is 0.375. The van der Waals surface area contributed by atoms with Gasteiger partial charge in [-0.05, 0) is 12.8 Å². The number of hydrogen-bond acceptors (Lipinski definition) is 4. The first kappa shape index (κ1) is 16.7. The highest BCUT2D eigenvalue weighted by Crippen LogP contribution is 2.23. The standard InChI is InChI=1S/C13H24N2O5/c1-14(10-5-3-4-6-11(10)16)13(19)15(7-8-20-2)9-12(17)18/h10-11,16H,3-9H2,1-2H3,(H,17,18). The summed E-state index contributed by atoms with van der Waals surface area (Å²) >= 11 is 0. The Hall–Kier alpha value is -1.34. The Morgan fingerprint density at radius 1 is 1.30 bits per heavy atom. The second-order valence-corrected chi connectivity index (χ2v) is 5.12. The largest absolute Gasteiger partial charge is 0.480 e. The second-order valence-electron chi connectivity index (χ2n) is 5.12. The molecule has 0 saturated heterocycles. The number of carboxylic acids is 1. The number of carbonyl (C=O) groups excluding carboxylic acids is 1. The molecule has 0 radical (unpaired) electrons. The molecule has 1 saturated carbocycles. The highest BCUT2D eigenvalue weighted by Gasteiger charge is 2.32. The molecular weight excluding hydrogens is 264 g/mol. The summed E-state index contributed by atoms with van der Waals surface area (Å²) < 4.78 is 4.90. The number of likely N-dealkylation sites (N-methyl/N-ethyl adjacent to an activating group) is 1. The molecule has 0 aromatic carbocycles. The van der Waals surface area contributed by atoms with Gasteiger partial charge in [-0.2, -0.15) is 0 Å². The highest BCUT2D eigenvalue weighted by atomic mass is 16.5. The van der Waals surface area contributed by atoms with Gasteiger partial charge in [0.05, 0.1) is 18.8 Å². The first-order chi connectivity index (χ1) is 9.47. The number of carboxylic acid groups (broad SMARTS) is 1. The van der Waals surface area contributed by atoms with Gasteiger partial charge < -0.3 is 24.7 Å². The zero-order valence-electron chi connectivity index (χ0n) is 12.1. The van der Waals surface area contributed by atoms with E-state index in [4.69, 9.17) is 9.84 Å². The first-order valence-electron chi connectivity index (χ1n) is 6.88. The molecule has 20 heavy (non-hydrogen) atoms. The topological polar surface area (TPSA) is 90.3 Å². The van der Waals surface area contributed by atoms with Crippen molar-refractivity contribution < 1.29 is 24.5 Å². The molecule has 1 fully saturated rings. The van der Waals surface area contributed by atoms with Crippen molar-refractivity contribution in [1.82, 2.24) is 9.80 Å². The summed E-state index contributed by atoms with van der Waals surface area (Å²) in [5, 5.41) is 18.8. The van der Waals surface area contributed by atoms with Crippen LogP contribution in [0.4, 0.5) is 4.79 Å². The van der Waals surface area contributed by atoms with Crippen LogP contribution in [0.15, 0.2) is 0 Å². The number of urea groups is 1. The Kier molecular flexibility index (Phi) is 6.74. The molecule has 2 N–H and O–H groups in total. The molecular formula is C13H24N2O5. The van der Waals surface area contributed by atoms with Crippen molar-refractivity contribution in [1.29, 1.82) is 0 Å². The fraction of sp³-hybridized carbons (Fsp3) is 0.846. The van der Waals surface area contributed by atoms with E-state index in [-0.39, 0.29) is 31.8 Å². The Balaban J connectivity index is 2.68. The van der Waals surface area contributed by atoms with Crippen molar-refractivity contribution in [3.05, 3.63) is 0 Å². The van der Waals surface area contributed by atoms with E-state index in [0.717, 1.165) is 19.3 Å². The normalized spacial score (nSPS) is 22.4. The van der Waals surface area contributed by atoms with Gasteiger partial charge in [0.1, 0.15) is 6.54 Å². The lowest BCUT2D eigenvalue weighted by Crippen LogP contribution is -2.52. The quantitative estimate of drug-likeness (QED) is 0.737. The van der Waals surface area contributed by atoms with Crippen LogP contribution in [0.3, 0.4) is 0 Å². The summed E-state index contributed by atoms with van der Waals surface area (Å²) in [4.78, 5) is 25.9. The molecule has 116 valence electrons. The van der Waals surface area contributed by atoms with E-state index in [1.165, 1.54) is 16.9 Å². The van der Waals surface area contributed by atoms with E-state index in [1.54, 1.807) is 7.05 Å². The smallest absolute Gasteiger partial charge is 0.323 e. The molecule has 1 aliphatic carbocycles. The van der Waals surface area contributed by atoms with Gasteiger partial charge in [-0.15, -0.1) is 0 Å². The van der Waals surface area contributed by atoms with Crippen LogP contribution in [-0.2, 0) is 9.53 Å². The fourth-order valence-corrected chi connectivity index (χ4v) is 2.52. The molecule has 0 heterocycles. The van der Waals surface area contributed by atoms with Crippen LogP contribution in [0.2, 0.25) is 0 Å². The zero-order chi connectivity index (χ0) is 15.1. The van der Waals surface area contributed by atoms with Gasteiger partial charge in [-0.1, -0.05) is 12.8 Å². The molecule has 0 aromatic heterocycles. The van der Waals surface area contributed by atoms with Gasteiger partial charge in [-0.25, -0.2) is 4.79 Å². The van der Waals surface area contributed by atoms with Crippen molar-refractivity contribution in [3.8, 4) is 0 Å².